The fourth-order valence-corrected chi connectivity index (χ4v) is 2.70. The van der Waals surface area contributed by atoms with Crippen molar-refractivity contribution in [2.75, 3.05) is 7.05 Å². The number of rotatable bonds is 3. The number of carbonyl (C=O) groups is 1. The highest BCUT2D eigenvalue weighted by atomic mass is 35.5. The van der Waals surface area contributed by atoms with Gasteiger partial charge in [-0.3, -0.25) is 4.79 Å². The number of pyridine rings is 1. The molecule has 2 aromatic rings. The maximum absolute atomic E-state index is 12.6. The van der Waals surface area contributed by atoms with Gasteiger partial charge in [0, 0.05) is 23.3 Å². The number of hydrogen-bond donors (Lipinski definition) is 0. The Labute approximate surface area is 134 Å². The van der Waals surface area contributed by atoms with Crippen molar-refractivity contribution < 1.29 is 4.79 Å². The Morgan fingerprint density at radius 1 is 1.24 bits per heavy atom. The number of carbonyl (C=O) groups excluding carboxylic acids is 1. The number of halogens is 2. The van der Waals surface area contributed by atoms with Crippen molar-refractivity contribution in [2.45, 2.75) is 19.9 Å². The summed E-state index contributed by atoms with van der Waals surface area (Å²) < 4.78 is 0. The van der Waals surface area contributed by atoms with Gasteiger partial charge < -0.3 is 4.90 Å². The van der Waals surface area contributed by atoms with Crippen LogP contribution in [-0.2, 0) is 0 Å². The Morgan fingerprint density at radius 3 is 2.52 bits per heavy atom. The van der Waals surface area contributed by atoms with E-state index in [1.807, 2.05) is 31.2 Å². The van der Waals surface area contributed by atoms with E-state index in [2.05, 4.69) is 4.98 Å². The summed E-state index contributed by atoms with van der Waals surface area (Å²) >= 11 is 12.1. The lowest BCUT2D eigenvalue weighted by Crippen LogP contribution is -2.30. The second-order valence-corrected chi connectivity index (χ2v) is 5.73. The molecule has 5 heteroatoms. The highest BCUT2D eigenvalue weighted by Gasteiger charge is 2.21. The molecule has 21 heavy (non-hydrogen) atoms. The number of amides is 1. The Bertz CT molecular complexity index is 653. The van der Waals surface area contributed by atoms with Gasteiger partial charge in [-0.1, -0.05) is 41.4 Å². The van der Waals surface area contributed by atoms with Crippen LogP contribution in [0.15, 0.2) is 36.4 Å². The molecule has 0 spiro atoms. The van der Waals surface area contributed by atoms with Crippen LogP contribution in [0.2, 0.25) is 10.2 Å². The van der Waals surface area contributed by atoms with Crippen LogP contribution in [0.3, 0.4) is 0 Å². The van der Waals surface area contributed by atoms with Crippen molar-refractivity contribution in [1.29, 1.82) is 0 Å². The van der Waals surface area contributed by atoms with E-state index < -0.39 is 0 Å². The summed E-state index contributed by atoms with van der Waals surface area (Å²) in [5.74, 6) is -0.116. The van der Waals surface area contributed by atoms with Gasteiger partial charge in [0.2, 0.25) is 0 Å². The predicted octanol–water partition coefficient (Wildman–Crippen LogP) is 4.53. The van der Waals surface area contributed by atoms with Gasteiger partial charge in [0.25, 0.3) is 5.91 Å². The molecule has 0 aliphatic rings. The average molecular weight is 323 g/mol. The fraction of sp³-hybridized carbons (Fsp3) is 0.250. The molecule has 0 fully saturated rings. The fourth-order valence-electron chi connectivity index (χ4n) is 2.15. The number of benzene rings is 1. The summed E-state index contributed by atoms with van der Waals surface area (Å²) in [4.78, 5) is 18.3. The third-order valence-corrected chi connectivity index (χ3v) is 3.96. The lowest BCUT2D eigenvalue weighted by Gasteiger charge is -2.26. The monoisotopic (exact) mass is 322 g/mol. The van der Waals surface area contributed by atoms with Crippen molar-refractivity contribution in [3.63, 3.8) is 0 Å². The van der Waals surface area contributed by atoms with E-state index in [0.29, 0.717) is 21.4 Å². The minimum absolute atomic E-state index is 0.116. The summed E-state index contributed by atoms with van der Waals surface area (Å²) in [6.07, 6.45) is 0. The maximum atomic E-state index is 12.6. The Kier molecular flexibility index (Phi) is 4.86. The minimum atomic E-state index is -0.140. The van der Waals surface area contributed by atoms with Crippen molar-refractivity contribution in [1.82, 2.24) is 9.88 Å². The summed E-state index contributed by atoms with van der Waals surface area (Å²) in [5, 5.41) is 0.964. The second kappa shape index (κ2) is 6.46. The number of aromatic nitrogens is 1. The van der Waals surface area contributed by atoms with E-state index in [-0.39, 0.29) is 11.9 Å². The molecular weight excluding hydrogens is 307 g/mol. The molecule has 1 aromatic carbocycles. The number of nitrogens with zero attached hydrogens (tertiary/aromatic N) is 2. The van der Waals surface area contributed by atoms with Crippen LogP contribution in [0.4, 0.5) is 0 Å². The van der Waals surface area contributed by atoms with Gasteiger partial charge in [-0.15, -0.1) is 0 Å². The zero-order valence-electron chi connectivity index (χ0n) is 12.1. The maximum Gasteiger partial charge on any atom is 0.254 e. The Morgan fingerprint density at radius 2 is 1.90 bits per heavy atom. The van der Waals surface area contributed by atoms with Crippen LogP contribution in [0.1, 0.15) is 34.6 Å². The van der Waals surface area contributed by atoms with Crippen LogP contribution >= 0.6 is 23.2 Å². The largest absolute Gasteiger partial charge is 0.335 e. The molecule has 1 atom stereocenters. The van der Waals surface area contributed by atoms with Crippen LogP contribution in [-0.4, -0.2) is 22.8 Å². The normalized spacial score (nSPS) is 12.0. The highest BCUT2D eigenvalue weighted by Crippen LogP contribution is 2.27. The van der Waals surface area contributed by atoms with E-state index >= 15 is 0 Å². The van der Waals surface area contributed by atoms with Gasteiger partial charge in [0.15, 0.2) is 0 Å². The smallest absolute Gasteiger partial charge is 0.254 e. The molecular formula is C16H16Cl2N2O. The van der Waals surface area contributed by atoms with Crippen molar-refractivity contribution >= 4 is 29.1 Å². The molecule has 1 unspecified atom stereocenters. The molecule has 0 saturated carbocycles. The third-order valence-electron chi connectivity index (χ3n) is 3.43. The SMILES string of the molecule is Cc1cc(C(=O)N(C)C(C)c2ccccc2Cl)cc(Cl)n1. The van der Waals surface area contributed by atoms with Gasteiger partial charge in [-0.2, -0.15) is 0 Å². The minimum Gasteiger partial charge on any atom is -0.335 e. The number of hydrogen-bond acceptors (Lipinski definition) is 2. The van der Waals surface area contributed by atoms with Gasteiger partial charge in [0.05, 0.1) is 6.04 Å². The van der Waals surface area contributed by atoms with E-state index in [9.17, 15) is 4.79 Å². The lowest BCUT2D eigenvalue weighted by molar-refractivity contribution is 0.0742. The first kappa shape index (κ1) is 15.8. The van der Waals surface area contributed by atoms with Gasteiger partial charge in [-0.05, 0) is 37.6 Å². The first-order valence-corrected chi connectivity index (χ1v) is 7.31. The number of aryl methyl sites for hydroxylation is 1. The second-order valence-electron chi connectivity index (χ2n) is 4.93. The zero-order chi connectivity index (χ0) is 15.6. The zero-order valence-corrected chi connectivity index (χ0v) is 13.6. The molecule has 1 aromatic heterocycles. The van der Waals surface area contributed by atoms with Crippen molar-refractivity contribution in [3.05, 3.63) is 63.4 Å². The molecule has 0 radical (unpaired) electrons. The first-order chi connectivity index (χ1) is 9.90. The molecule has 0 N–H and O–H groups in total. The van der Waals surface area contributed by atoms with Gasteiger partial charge in [-0.25, -0.2) is 4.98 Å². The van der Waals surface area contributed by atoms with E-state index in [0.717, 1.165) is 5.56 Å². The van der Waals surface area contributed by atoms with Crippen LogP contribution in [0, 0.1) is 6.92 Å². The molecule has 3 nitrogen and oxygen atoms in total. The van der Waals surface area contributed by atoms with E-state index in [4.69, 9.17) is 23.2 Å². The highest BCUT2D eigenvalue weighted by molar-refractivity contribution is 6.31. The molecule has 0 aliphatic heterocycles. The third kappa shape index (κ3) is 3.55. The standard InChI is InChI=1S/C16H16Cl2N2O/c1-10-8-12(9-15(18)19-10)16(21)20(3)11(2)13-6-4-5-7-14(13)17/h4-9,11H,1-3H3. The molecule has 0 bridgehead atoms. The molecule has 110 valence electrons. The van der Waals surface area contributed by atoms with Crippen LogP contribution in [0.5, 0.6) is 0 Å². The van der Waals surface area contributed by atoms with Gasteiger partial charge in [0.1, 0.15) is 5.15 Å². The lowest BCUT2D eigenvalue weighted by atomic mass is 10.1. The molecule has 1 heterocycles. The average Bonchev–Trinajstić information content (AvgIpc) is 2.44. The molecule has 0 saturated heterocycles. The van der Waals surface area contributed by atoms with E-state index in [1.54, 1.807) is 31.0 Å². The Balaban J connectivity index is 2.28. The topological polar surface area (TPSA) is 33.2 Å². The van der Waals surface area contributed by atoms with Gasteiger partial charge >= 0.3 is 0 Å². The summed E-state index contributed by atoms with van der Waals surface area (Å²) in [6.45, 7) is 3.74. The van der Waals surface area contributed by atoms with Crippen LogP contribution < -0.4 is 0 Å². The first-order valence-electron chi connectivity index (χ1n) is 6.56. The van der Waals surface area contributed by atoms with E-state index in [1.165, 1.54) is 0 Å². The Hall–Kier alpha value is -1.58. The molecule has 0 aliphatic carbocycles. The summed E-state index contributed by atoms with van der Waals surface area (Å²) in [6, 6.07) is 10.7. The quantitative estimate of drug-likeness (QED) is 0.778. The van der Waals surface area contributed by atoms with Crippen molar-refractivity contribution in [3.8, 4) is 0 Å². The van der Waals surface area contributed by atoms with Crippen LogP contribution in [0.25, 0.3) is 0 Å². The predicted molar refractivity (Wildman–Crippen MR) is 85.9 cm³/mol. The van der Waals surface area contributed by atoms with Crippen molar-refractivity contribution in [2.24, 2.45) is 0 Å². The summed E-state index contributed by atoms with van der Waals surface area (Å²) in [7, 11) is 1.75. The molecule has 1 amide bonds. The summed E-state index contributed by atoms with van der Waals surface area (Å²) in [5.41, 5.74) is 2.14. The molecule has 2 rings (SSSR count).